The van der Waals surface area contributed by atoms with E-state index in [9.17, 15) is 22.8 Å². The van der Waals surface area contributed by atoms with Crippen LogP contribution in [0.15, 0.2) is 29.3 Å². The lowest BCUT2D eigenvalue weighted by Gasteiger charge is -2.33. The van der Waals surface area contributed by atoms with Gasteiger partial charge in [0.1, 0.15) is 21.0 Å². The van der Waals surface area contributed by atoms with Crippen LogP contribution in [0.25, 0.3) is 20.4 Å². The third-order valence-electron chi connectivity index (χ3n) is 8.49. The SMILES string of the molecule is COCCOCCOCCOCCN(Cc1c2c(nc3sc4c(=O)n(Cc5ccc(OC)cc5OC)cnc4c13)CC(C)(C)OC2)C(=O)C(F)(F)F. The molecule has 17 heteroatoms. The molecule has 0 atom stereocenters. The van der Waals surface area contributed by atoms with E-state index in [1.165, 1.54) is 18.0 Å². The van der Waals surface area contributed by atoms with Crippen molar-refractivity contribution in [3.05, 3.63) is 57.3 Å². The highest BCUT2D eigenvalue weighted by molar-refractivity contribution is 7.25. The number of carbonyl (C=O) groups is 1. The van der Waals surface area contributed by atoms with Gasteiger partial charge in [-0.25, -0.2) is 9.97 Å². The first-order valence-corrected chi connectivity index (χ1v) is 17.4. The Balaban J connectivity index is 1.44. The lowest BCUT2D eigenvalue weighted by molar-refractivity contribution is -0.186. The Labute approximate surface area is 302 Å². The number of hydrogen-bond donors (Lipinski definition) is 0. The van der Waals surface area contributed by atoms with Crippen molar-refractivity contribution >= 4 is 37.7 Å². The van der Waals surface area contributed by atoms with Crippen LogP contribution in [0, 0.1) is 0 Å². The van der Waals surface area contributed by atoms with Gasteiger partial charge in [0.15, 0.2) is 0 Å². The van der Waals surface area contributed by atoms with Crippen LogP contribution in [0.4, 0.5) is 13.2 Å². The molecule has 0 spiro atoms. The maximum Gasteiger partial charge on any atom is 0.471 e. The van der Waals surface area contributed by atoms with Crippen molar-refractivity contribution in [2.45, 2.75) is 51.7 Å². The smallest absolute Gasteiger partial charge is 0.471 e. The molecule has 0 unspecified atom stereocenters. The maximum atomic E-state index is 14.0. The molecule has 0 saturated carbocycles. The summed E-state index contributed by atoms with van der Waals surface area (Å²) in [7, 11) is 4.63. The second-order valence-corrected chi connectivity index (χ2v) is 13.6. The molecule has 1 aliphatic rings. The van der Waals surface area contributed by atoms with E-state index in [1.807, 2.05) is 13.8 Å². The Hall–Kier alpha value is -3.87. The summed E-state index contributed by atoms with van der Waals surface area (Å²) in [5.74, 6) is -0.897. The molecule has 13 nitrogen and oxygen atoms in total. The number of alkyl halides is 3. The Morgan fingerprint density at radius 2 is 1.71 bits per heavy atom. The van der Waals surface area contributed by atoms with Crippen LogP contribution in [0.5, 0.6) is 11.5 Å². The monoisotopic (exact) mass is 752 g/mol. The first-order chi connectivity index (χ1) is 24.9. The van der Waals surface area contributed by atoms with Gasteiger partial charge in [0.05, 0.1) is 96.8 Å². The van der Waals surface area contributed by atoms with Crippen molar-refractivity contribution < 1.29 is 51.1 Å². The third-order valence-corrected chi connectivity index (χ3v) is 9.55. The molecule has 3 aromatic heterocycles. The summed E-state index contributed by atoms with van der Waals surface area (Å²) in [5, 5.41) is 0.412. The minimum absolute atomic E-state index is 0.0589. The quantitative estimate of drug-likeness (QED) is 0.133. The number of pyridine rings is 1. The number of ether oxygens (including phenoxy) is 7. The number of fused-ring (bicyclic) bond motifs is 4. The average molecular weight is 753 g/mol. The van der Waals surface area contributed by atoms with Gasteiger partial charge < -0.3 is 38.1 Å². The van der Waals surface area contributed by atoms with Gasteiger partial charge in [-0.15, -0.1) is 11.3 Å². The lowest BCUT2D eigenvalue weighted by atomic mass is 9.92. The van der Waals surface area contributed by atoms with Crippen LogP contribution < -0.4 is 15.0 Å². The minimum atomic E-state index is -5.14. The van der Waals surface area contributed by atoms with E-state index in [2.05, 4.69) is 4.98 Å². The molecule has 0 saturated heterocycles. The van der Waals surface area contributed by atoms with Crippen molar-refractivity contribution in [2.75, 3.05) is 74.1 Å². The molecule has 0 aliphatic carbocycles. The molecule has 0 N–H and O–H groups in total. The summed E-state index contributed by atoms with van der Waals surface area (Å²) < 4.78 is 81.7. The minimum Gasteiger partial charge on any atom is -0.497 e. The normalized spacial score (nSPS) is 14.2. The van der Waals surface area contributed by atoms with Crippen LogP contribution in [0.1, 0.15) is 36.2 Å². The number of aromatic nitrogens is 3. The number of halogens is 3. The number of amides is 1. The molecule has 1 aliphatic heterocycles. The van der Waals surface area contributed by atoms with Crippen LogP contribution in [-0.2, 0) is 54.6 Å². The van der Waals surface area contributed by atoms with Gasteiger partial charge in [-0.2, -0.15) is 13.2 Å². The number of benzene rings is 1. The van der Waals surface area contributed by atoms with E-state index in [-0.39, 0.29) is 55.3 Å². The molecule has 5 rings (SSSR count). The summed E-state index contributed by atoms with van der Waals surface area (Å²) in [6.45, 7) is 4.93. The fourth-order valence-corrected chi connectivity index (χ4v) is 6.96. The van der Waals surface area contributed by atoms with Gasteiger partial charge in [0.25, 0.3) is 5.56 Å². The van der Waals surface area contributed by atoms with E-state index in [0.717, 1.165) is 11.3 Å². The summed E-state index contributed by atoms with van der Waals surface area (Å²) in [4.78, 5) is 37.4. The fraction of sp³-hybridized carbons (Fsp3) is 0.543. The Kier molecular flexibility index (Phi) is 13.1. The topological polar surface area (TPSA) is 133 Å². The van der Waals surface area contributed by atoms with Gasteiger partial charge in [0, 0.05) is 49.2 Å². The Morgan fingerprint density at radius 1 is 1.02 bits per heavy atom. The number of thiophene rings is 1. The number of rotatable bonds is 18. The van der Waals surface area contributed by atoms with Crippen LogP contribution in [0.2, 0.25) is 0 Å². The standard InChI is InChI=1S/C35H43F3N4O9S/c1-34(2)17-26-25(20-51-34)24(19-41(33(44)35(36,37)38)8-9-48-12-13-50-15-14-49-11-10-45-3)28-29-30(52-31(28)40-26)32(43)42(21-39-29)18-22-6-7-23(46-4)16-27(22)47-5/h6-7,16,21H,8-15,17-20H2,1-5H3. The fourth-order valence-electron chi connectivity index (χ4n) is 5.83. The molecule has 1 aromatic carbocycles. The van der Waals surface area contributed by atoms with Gasteiger partial charge in [-0.05, 0) is 31.5 Å². The second kappa shape index (κ2) is 17.3. The van der Waals surface area contributed by atoms with Gasteiger partial charge in [-0.3, -0.25) is 14.2 Å². The zero-order valence-electron chi connectivity index (χ0n) is 29.8. The molecular weight excluding hydrogens is 709 g/mol. The molecule has 0 fully saturated rings. The van der Waals surface area contributed by atoms with Crippen LogP contribution in [-0.4, -0.2) is 111 Å². The molecule has 1 amide bonds. The molecular formula is C35H43F3N4O9S. The predicted octanol–water partition coefficient (Wildman–Crippen LogP) is 4.51. The highest BCUT2D eigenvalue weighted by atomic mass is 32.1. The first kappa shape index (κ1) is 39.3. The van der Waals surface area contributed by atoms with Crippen molar-refractivity contribution in [3.8, 4) is 11.5 Å². The average Bonchev–Trinajstić information content (AvgIpc) is 3.48. The molecule has 284 valence electrons. The zero-order valence-corrected chi connectivity index (χ0v) is 30.6. The first-order valence-electron chi connectivity index (χ1n) is 16.6. The number of hydrogen-bond acceptors (Lipinski definition) is 12. The zero-order chi connectivity index (χ0) is 37.5. The van der Waals surface area contributed by atoms with Crippen molar-refractivity contribution in [2.24, 2.45) is 0 Å². The number of nitrogens with zero attached hydrogens (tertiary/aromatic N) is 4. The number of methoxy groups -OCH3 is 3. The predicted molar refractivity (Wildman–Crippen MR) is 186 cm³/mol. The lowest BCUT2D eigenvalue weighted by Crippen LogP contribution is -2.43. The summed E-state index contributed by atoms with van der Waals surface area (Å²) in [6.07, 6.45) is -3.37. The number of carbonyl (C=O) groups excluding carboxylic acids is 1. The van der Waals surface area contributed by atoms with Gasteiger partial charge in [0.2, 0.25) is 0 Å². The Bertz CT molecular complexity index is 1910. The molecule has 0 radical (unpaired) electrons. The van der Waals surface area contributed by atoms with Crippen LogP contribution in [0.3, 0.4) is 0 Å². The summed E-state index contributed by atoms with van der Waals surface area (Å²) in [5.41, 5.74) is 1.66. The van der Waals surface area contributed by atoms with Crippen LogP contribution >= 0.6 is 11.3 Å². The van der Waals surface area contributed by atoms with Crippen molar-refractivity contribution in [1.29, 1.82) is 0 Å². The third kappa shape index (κ3) is 9.37. The van der Waals surface area contributed by atoms with Crippen molar-refractivity contribution in [3.63, 3.8) is 0 Å². The highest BCUT2D eigenvalue weighted by Crippen LogP contribution is 2.39. The van der Waals surface area contributed by atoms with E-state index >= 15 is 0 Å². The molecule has 4 heterocycles. The maximum absolute atomic E-state index is 14.0. The summed E-state index contributed by atoms with van der Waals surface area (Å²) >= 11 is 1.11. The second-order valence-electron chi connectivity index (χ2n) is 12.6. The van der Waals surface area contributed by atoms with E-state index in [0.29, 0.717) is 81.8 Å². The van der Waals surface area contributed by atoms with E-state index < -0.39 is 24.2 Å². The molecule has 0 bridgehead atoms. The Morgan fingerprint density at radius 3 is 2.37 bits per heavy atom. The van der Waals surface area contributed by atoms with Gasteiger partial charge in [-0.1, -0.05) is 0 Å². The van der Waals surface area contributed by atoms with Crippen molar-refractivity contribution in [1.82, 2.24) is 19.4 Å². The summed E-state index contributed by atoms with van der Waals surface area (Å²) in [6, 6.07) is 5.26. The van der Waals surface area contributed by atoms with E-state index in [1.54, 1.807) is 32.4 Å². The van der Waals surface area contributed by atoms with E-state index in [4.69, 9.17) is 38.1 Å². The highest BCUT2D eigenvalue weighted by Gasteiger charge is 2.43. The molecule has 4 aromatic rings. The molecule has 52 heavy (non-hydrogen) atoms. The van der Waals surface area contributed by atoms with Gasteiger partial charge >= 0.3 is 12.1 Å². The largest absolute Gasteiger partial charge is 0.497 e.